The fraction of sp³-hybridized carbons (Fsp3) is 0.440. The Morgan fingerprint density at radius 2 is 1.67 bits per heavy atom. The third-order valence-corrected chi connectivity index (χ3v) is 7.62. The van der Waals surface area contributed by atoms with Gasteiger partial charge in [0, 0.05) is 6.54 Å². The average Bonchev–Trinajstić information content (AvgIpc) is 3.03. The summed E-state index contributed by atoms with van der Waals surface area (Å²) in [5.74, 6) is -1.20. The molecule has 0 unspecified atom stereocenters. The van der Waals surface area contributed by atoms with Crippen molar-refractivity contribution in [3.63, 3.8) is 0 Å². The van der Waals surface area contributed by atoms with Crippen molar-refractivity contribution in [1.82, 2.24) is 4.90 Å². The topological polar surface area (TPSA) is 80.8 Å². The normalized spacial score (nSPS) is 14.5. The first-order chi connectivity index (χ1) is 15.7. The lowest BCUT2D eigenvalue weighted by Gasteiger charge is -2.15. The van der Waals surface area contributed by atoms with Crippen LogP contribution in [0.4, 0.5) is 4.39 Å². The van der Waals surface area contributed by atoms with E-state index < -0.39 is 15.7 Å². The van der Waals surface area contributed by atoms with Crippen LogP contribution in [0.2, 0.25) is 0 Å². The molecule has 6 nitrogen and oxygen atoms in total. The summed E-state index contributed by atoms with van der Waals surface area (Å²) in [6, 6.07) is 11.2. The minimum atomic E-state index is -3.32. The summed E-state index contributed by atoms with van der Waals surface area (Å²) in [6.07, 6.45) is 2.34. The predicted octanol–water partition coefficient (Wildman–Crippen LogP) is 4.60. The highest BCUT2D eigenvalue weighted by Crippen LogP contribution is 2.26. The number of sulfone groups is 1. The molecular formula is C25H30FNO5S. The maximum absolute atomic E-state index is 13.9. The molecule has 2 aromatic rings. The standard InChI is InChI=1S/C25H30FNO5S/c1-3-14-32-23-16-19(11-12-22(23)26)18(2)17-33(30,31)15-8-4-7-13-27-24(28)20-9-5-6-10-21(20)25(27)29/h5-6,9-12,16,18H,3-4,7-8,13-15,17H2,1-2H3/t18-/m1/s1. The van der Waals surface area contributed by atoms with Gasteiger partial charge >= 0.3 is 0 Å². The quantitative estimate of drug-likeness (QED) is 0.331. The van der Waals surface area contributed by atoms with Gasteiger partial charge in [0.2, 0.25) is 0 Å². The smallest absolute Gasteiger partial charge is 0.261 e. The molecule has 0 bridgehead atoms. The van der Waals surface area contributed by atoms with Crippen molar-refractivity contribution >= 4 is 21.7 Å². The van der Waals surface area contributed by atoms with E-state index in [2.05, 4.69) is 0 Å². The molecule has 2 amide bonds. The van der Waals surface area contributed by atoms with Gasteiger partial charge in [-0.15, -0.1) is 0 Å². The second kappa shape index (κ2) is 10.9. The van der Waals surface area contributed by atoms with Crippen LogP contribution in [0.1, 0.15) is 71.7 Å². The van der Waals surface area contributed by atoms with Gasteiger partial charge in [0.1, 0.15) is 0 Å². The number of unbranched alkanes of at least 4 members (excludes halogenated alkanes) is 2. The number of nitrogens with zero attached hydrogens (tertiary/aromatic N) is 1. The van der Waals surface area contributed by atoms with Gasteiger partial charge in [0.15, 0.2) is 21.4 Å². The first kappa shape index (κ1) is 24.9. The van der Waals surface area contributed by atoms with E-state index in [1.807, 2.05) is 6.92 Å². The largest absolute Gasteiger partial charge is 0.491 e. The Labute approximate surface area is 194 Å². The van der Waals surface area contributed by atoms with Crippen molar-refractivity contribution < 1.29 is 27.1 Å². The lowest BCUT2D eigenvalue weighted by Crippen LogP contribution is -2.30. The summed E-state index contributed by atoms with van der Waals surface area (Å²) < 4.78 is 44.5. The van der Waals surface area contributed by atoms with Gasteiger partial charge < -0.3 is 4.74 Å². The molecule has 0 N–H and O–H groups in total. The van der Waals surface area contributed by atoms with Crippen LogP contribution >= 0.6 is 0 Å². The van der Waals surface area contributed by atoms with Crippen molar-refractivity contribution in [1.29, 1.82) is 0 Å². The van der Waals surface area contributed by atoms with Crippen molar-refractivity contribution in [3.05, 3.63) is 65.0 Å². The van der Waals surface area contributed by atoms with Gasteiger partial charge in [0.05, 0.1) is 29.2 Å². The number of rotatable bonds is 12. The number of hydrogen-bond donors (Lipinski definition) is 0. The average molecular weight is 476 g/mol. The number of hydrogen-bond acceptors (Lipinski definition) is 5. The molecule has 0 fully saturated rings. The highest BCUT2D eigenvalue weighted by molar-refractivity contribution is 7.91. The number of carbonyl (C=O) groups is 2. The number of halogens is 1. The van der Waals surface area contributed by atoms with Gasteiger partial charge in [-0.2, -0.15) is 0 Å². The van der Waals surface area contributed by atoms with E-state index in [0.29, 0.717) is 37.0 Å². The maximum atomic E-state index is 13.9. The Hall–Kier alpha value is -2.74. The first-order valence-corrected chi connectivity index (χ1v) is 13.1. The van der Waals surface area contributed by atoms with Gasteiger partial charge in [-0.3, -0.25) is 14.5 Å². The fourth-order valence-corrected chi connectivity index (χ4v) is 5.69. The summed E-state index contributed by atoms with van der Waals surface area (Å²) in [5, 5.41) is 0. The third kappa shape index (κ3) is 6.19. The fourth-order valence-electron chi connectivity index (χ4n) is 3.92. The van der Waals surface area contributed by atoms with Gasteiger partial charge in [-0.25, -0.2) is 12.8 Å². The predicted molar refractivity (Wildman–Crippen MR) is 125 cm³/mol. The van der Waals surface area contributed by atoms with E-state index in [1.165, 1.54) is 11.0 Å². The molecule has 1 heterocycles. The van der Waals surface area contributed by atoms with E-state index in [0.717, 1.165) is 12.0 Å². The molecule has 0 saturated carbocycles. The zero-order valence-electron chi connectivity index (χ0n) is 19.1. The highest BCUT2D eigenvalue weighted by Gasteiger charge is 2.34. The van der Waals surface area contributed by atoms with Crippen molar-refractivity contribution in [2.24, 2.45) is 0 Å². The second-order valence-corrected chi connectivity index (χ2v) is 10.7. The lowest BCUT2D eigenvalue weighted by atomic mass is 10.0. The van der Waals surface area contributed by atoms with Crippen LogP contribution in [0.15, 0.2) is 42.5 Å². The molecule has 1 aliphatic rings. The molecule has 0 spiro atoms. The van der Waals surface area contributed by atoms with Crippen LogP contribution in [-0.4, -0.2) is 49.8 Å². The SMILES string of the molecule is CCCOc1cc([C@H](C)CS(=O)(=O)CCCCCN2C(=O)c3ccccc3C2=O)ccc1F. The Morgan fingerprint density at radius 3 is 2.30 bits per heavy atom. The van der Waals surface area contributed by atoms with Crippen LogP contribution in [0.5, 0.6) is 5.75 Å². The summed E-state index contributed by atoms with van der Waals surface area (Å²) >= 11 is 0. The van der Waals surface area contributed by atoms with Gasteiger partial charge in [-0.1, -0.05) is 38.5 Å². The molecule has 33 heavy (non-hydrogen) atoms. The third-order valence-electron chi connectivity index (χ3n) is 5.71. The number of ether oxygens (including phenoxy) is 1. The number of amides is 2. The van der Waals surface area contributed by atoms with Crippen molar-refractivity contribution in [3.8, 4) is 5.75 Å². The highest BCUT2D eigenvalue weighted by atomic mass is 32.2. The van der Waals surface area contributed by atoms with Crippen molar-refractivity contribution in [2.45, 2.75) is 45.4 Å². The zero-order valence-corrected chi connectivity index (χ0v) is 19.9. The lowest BCUT2D eigenvalue weighted by molar-refractivity contribution is 0.0651. The monoisotopic (exact) mass is 475 g/mol. The van der Waals surface area contributed by atoms with E-state index in [-0.39, 0.29) is 41.5 Å². The zero-order chi connectivity index (χ0) is 24.0. The van der Waals surface area contributed by atoms with Crippen LogP contribution in [0.3, 0.4) is 0 Å². The molecule has 0 aliphatic carbocycles. The molecule has 0 saturated heterocycles. The summed E-state index contributed by atoms with van der Waals surface area (Å²) in [7, 11) is -3.32. The van der Waals surface area contributed by atoms with Crippen LogP contribution in [-0.2, 0) is 9.84 Å². The Balaban J connectivity index is 1.45. The minimum absolute atomic E-state index is 0.0276. The van der Waals surface area contributed by atoms with E-state index in [9.17, 15) is 22.4 Å². The minimum Gasteiger partial charge on any atom is -0.491 e. The van der Waals surface area contributed by atoms with E-state index in [4.69, 9.17) is 4.74 Å². The van der Waals surface area contributed by atoms with E-state index in [1.54, 1.807) is 43.3 Å². The Kier molecular flexibility index (Phi) is 8.24. The molecule has 178 valence electrons. The number of fused-ring (bicyclic) bond motifs is 1. The molecule has 0 radical (unpaired) electrons. The molecule has 1 atom stereocenters. The molecule has 2 aromatic carbocycles. The summed E-state index contributed by atoms with van der Waals surface area (Å²) in [4.78, 5) is 26.0. The molecule has 3 rings (SSSR count). The van der Waals surface area contributed by atoms with Crippen LogP contribution < -0.4 is 4.74 Å². The van der Waals surface area contributed by atoms with Crippen LogP contribution in [0.25, 0.3) is 0 Å². The Bertz CT molecular complexity index is 1080. The van der Waals surface area contributed by atoms with Gasteiger partial charge in [0.25, 0.3) is 11.8 Å². The second-order valence-electron chi connectivity index (χ2n) is 8.42. The number of imide groups is 1. The molecular weight excluding hydrogens is 445 g/mol. The van der Waals surface area contributed by atoms with Crippen molar-refractivity contribution in [2.75, 3.05) is 24.7 Å². The summed E-state index contributed by atoms with van der Waals surface area (Å²) in [6.45, 7) is 4.40. The van der Waals surface area contributed by atoms with Crippen LogP contribution in [0, 0.1) is 5.82 Å². The van der Waals surface area contributed by atoms with E-state index >= 15 is 0 Å². The summed E-state index contributed by atoms with van der Waals surface area (Å²) in [5.41, 5.74) is 1.56. The number of carbonyl (C=O) groups excluding carboxylic acids is 2. The molecule has 8 heteroatoms. The first-order valence-electron chi connectivity index (χ1n) is 11.3. The van der Waals surface area contributed by atoms with Gasteiger partial charge in [-0.05, 0) is 55.0 Å². The number of benzene rings is 2. The molecule has 0 aromatic heterocycles. The Morgan fingerprint density at radius 1 is 1.00 bits per heavy atom. The maximum Gasteiger partial charge on any atom is 0.261 e. The molecule has 1 aliphatic heterocycles.